The maximum atomic E-state index is 8.54. The Morgan fingerprint density at radius 1 is 1.82 bits per heavy atom. The van der Waals surface area contributed by atoms with Gasteiger partial charge < -0.3 is 10.5 Å². The van der Waals surface area contributed by atoms with E-state index in [1.807, 2.05) is 6.07 Å². The molecule has 0 amide bonds. The summed E-state index contributed by atoms with van der Waals surface area (Å²) in [7, 11) is 0. The molecule has 0 aromatic carbocycles. The molecule has 5 nitrogen and oxygen atoms in total. The van der Waals surface area contributed by atoms with Gasteiger partial charge in [0.1, 0.15) is 30.2 Å². The van der Waals surface area contributed by atoms with Gasteiger partial charge in [0.05, 0.1) is 5.70 Å². The van der Waals surface area contributed by atoms with Crippen molar-refractivity contribution in [1.29, 1.82) is 10.8 Å². The number of nitrogens with two attached hydrogens (primary N) is 1. The minimum absolute atomic E-state index is 0.177. The highest BCUT2D eigenvalue weighted by Crippen LogP contribution is 2.17. The molecule has 0 bridgehead atoms. The third-order valence-corrected chi connectivity index (χ3v) is 1.24. The van der Waals surface area contributed by atoms with Crippen molar-refractivity contribution in [3.8, 4) is 6.07 Å². The molecule has 1 aliphatic heterocycles. The second-order valence-corrected chi connectivity index (χ2v) is 1.94. The average Bonchev–Trinajstić information content (AvgIpc) is 2.04. The monoisotopic (exact) mass is 150 g/mol. The van der Waals surface area contributed by atoms with Gasteiger partial charge in [-0.15, -0.1) is 0 Å². The van der Waals surface area contributed by atoms with Gasteiger partial charge >= 0.3 is 0 Å². The van der Waals surface area contributed by atoms with Gasteiger partial charge in [-0.3, -0.25) is 0 Å². The standard InChI is InChI=1S/C6H6N4O/c7-1-4-5(8)2-11-3-6(4)10-9/h3,9H,2,8H2. The molecule has 3 N–H and O–H groups in total. The number of ether oxygens (including phenoxy) is 1. The van der Waals surface area contributed by atoms with Crippen LogP contribution in [-0.4, -0.2) is 6.61 Å². The summed E-state index contributed by atoms with van der Waals surface area (Å²) in [5.74, 6) is 0. The molecule has 1 aliphatic rings. The van der Waals surface area contributed by atoms with Crippen molar-refractivity contribution in [2.75, 3.05) is 6.61 Å². The minimum Gasteiger partial charge on any atom is -0.493 e. The lowest BCUT2D eigenvalue weighted by Crippen LogP contribution is -2.12. The molecule has 0 aromatic heterocycles. The van der Waals surface area contributed by atoms with E-state index in [1.54, 1.807) is 0 Å². The largest absolute Gasteiger partial charge is 0.493 e. The lowest BCUT2D eigenvalue weighted by molar-refractivity contribution is 0.269. The Labute approximate surface area is 63.3 Å². The van der Waals surface area contributed by atoms with E-state index < -0.39 is 0 Å². The number of nitrogens with one attached hydrogen (secondary N) is 1. The molecular formula is C6H6N4O. The molecule has 1 heterocycles. The fourth-order valence-corrected chi connectivity index (χ4v) is 0.717. The van der Waals surface area contributed by atoms with E-state index in [4.69, 9.17) is 21.3 Å². The molecule has 0 atom stereocenters. The topological polar surface area (TPSA) is 95.2 Å². The van der Waals surface area contributed by atoms with Crippen LogP contribution in [0.3, 0.4) is 0 Å². The van der Waals surface area contributed by atoms with E-state index in [1.165, 1.54) is 6.26 Å². The number of allylic oxidation sites excluding steroid dienone is 1. The maximum absolute atomic E-state index is 8.54. The Morgan fingerprint density at radius 2 is 2.55 bits per heavy atom. The van der Waals surface area contributed by atoms with Gasteiger partial charge in [0, 0.05) is 0 Å². The average molecular weight is 150 g/mol. The zero-order chi connectivity index (χ0) is 8.27. The summed E-state index contributed by atoms with van der Waals surface area (Å²) >= 11 is 0. The van der Waals surface area contributed by atoms with Crippen molar-refractivity contribution in [2.45, 2.75) is 0 Å². The van der Waals surface area contributed by atoms with Crippen LogP contribution < -0.4 is 5.73 Å². The maximum Gasteiger partial charge on any atom is 0.139 e. The summed E-state index contributed by atoms with van der Waals surface area (Å²) in [5, 5.41) is 11.6. The number of rotatable bonds is 1. The number of nitriles is 1. The lowest BCUT2D eigenvalue weighted by atomic mass is 10.1. The van der Waals surface area contributed by atoms with Crippen molar-refractivity contribution in [3.05, 3.63) is 23.2 Å². The van der Waals surface area contributed by atoms with Gasteiger partial charge in [-0.05, 0) is 0 Å². The van der Waals surface area contributed by atoms with E-state index >= 15 is 0 Å². The summed E-state index contributed by atoms with van der Waals surface area (Å²) < 4.78 is 4.81. The van der Waals surface area contributed by atoms with Crippen LogP contribution in [0.2, 0.25) is 0 Å². The molecule has 0 saturated heterocycles. The highest BCUT2D eigenvalue weighted by molar-refractivity contribution is 5.44. The van der Waals surface area contributed by atoms with Crippen molar-refractivity contribution in [2.24, 2.45) is 10.8 Å². The van der Waals surface area contributed by atoms with Crippen molar-refractivity contribution in [1.82, 2.24) is 0 Å². The predicted molar refractivity (Wildman–Crippen MR) is 36.0 cm³/mol. The smallest absolute Gasteiger partial charge is 0.139 e. The van der Waals surface area contributed by atoms with Crippen molar-refractivity contribution in [3.63, 3.8) is 0 Å². The lowest BCUT2D eigenvalue weighted by Gasteiger charge is -2.10. The molecule has 0 saturated carbocycles. The van der Waals surface area contributed by atoms with Crippen LogP contribution in [0.4, 0.5) is 0 Å². The summed E-state index contributed by atoms with van der Waals surface area (Å²) in [6, 6.07) is 1.85. The minimum atomic E-state index is 0.177. The number of hydrogen-bond donors (Lipinski definition) is 2. The molecule has 0 unspecified atom stereocenters. The second kappa shape index (κ2) is 2.84. The van der Waals surface area contributed by atoms with Gasteiger partial charge in [0.25, 0.3) is 0 Å². The van der Waals surface area contributed by atoms with Crippen molar-refractivity contribution >= 4 is 0 Å². The van der Waals surface area contributed by atoms with E-state index in [-0.39, 0.29) is 17.9 Å². The molecular weight excluding hydrogens is 144 g/mol. The zero-order valence-corrected chi connectivity index (χ0v) is 5.66. The van der Waals surface area contributed by atoms with Gasteiger partial charge in [0.2, 0.25) is 0 Å². The highest BCUT2D eigenvalue weighted by atomic mass is 16.5. The quantitative estimate of drug-likeness (QED) is 0.536. The molecule has 0 fully saturated rings. The number of nitrogens with zero attached hydrogens (tertiary/aromatic N) is 2. The molecule has 5 heteroatoms. The SMILES string of the molecule is N#CC1=C(N)COC=C1N=N. The van der Waals surface area contributed by atoms with Gasteiger partial charge in [0.15, 0.2) is 0 Å². The Kier molecular flexibility index (Phi) is 1.88. The van der Waals surface area contributed by atoms with E-state index in [9.17, 15) is 0 Å². The molecule has 0 aliphatic carbocycles. The van der Waals surface area contributed by atoms with Crippen LogP contribution in [0.25, 0.3) is 0 Å². The Hall–Kier alpha value is -1.83. The summed E-state index contributed by atoms with van der Waals surface area (Å²) in [6.45, 7) is 0.196. The third kappa shape index (κ3) is 1.19. The van der Waals surface area contributed by atoms with E-state index in [2.05, 4.69) is 5.11 Å². The fraction of sp³-hybridized carbons (Fsp3) is 0.167. The van der Waals surface area contributed by atoms with E-state index in [0.29, 0.717) is 5.70 Å². The first-order chi connectivity index (χ1) is 5.29. The van der Waals surface area contributed by atoms with Crippen LogP contribution in [0.1, 0.15) is 0 Å². The van der Waals surface area contributed by atoms with Gasteiger partial charge in [-0.25, -0.2) is 5.53 Å². The second-order valence-electron chi connectivity index (χ2n) is 1.94. The van der Waals surface area contributed by atoms with Crippen LogP contribution in [0.5, 0.6) is 0 Å². The molecule has 11 heavy (non-hydrogen) atoms. The number of hydrogen-bond acceptors (Lipinski definition) is 5. The summed E-state index contributed by atoms with van der Waals surface area (Å²) in [4.78, 5) is 0. The first kappa shape index (κ1) is 7.28. The Morgan fingerprint density at radius 3 is 3.00 bits per heavy atom. The molecule has 0 radical (unpaired) electrons. The fourth-order valence-electron chi connectivity index (χ4n) is 0.717. The first-order valence-electron chi connectivity index (χ1n) is 2.88. The Bertz CT molecular complexity index is 283. The highest BCUT2D eigenvalue weighted by Gasteiger charge is 2.13. The molecule has 0 spiro atoms. The van der Waals surface area contributed by atoms with E-state index in [0.717, 1.165) is 0 Å². The van der Waals surface area contributed by atoms with Crippen molar-refractivity contribution < 1.29 is 4.74 Å². The summed E-state index contributed by atoms with van der Waals surface area (Å²) in [5.41, 5.74) is 12.8. The Balaban J connectivity index is 3.07. The molecule has 0 aromatic rings. The summed E-state index contributed by atoms with van der Waals surface area (Å²) in [6.07, 6.45) is 1.25. The first-order valence-corrected chi connectivity index (χ1v) is 2.88. The third-order valence-electron chi connectivity index (χ3n) is 1.24. The molecule has 1 rings (SSSR count). The van der Waals surface area contributed by atoms with Gasteiger partial charge in [-0.2, -0.15) is 10.4 Å². The predicted octanol–water partition coefficient (Wildman–Crippen LogP) is 0.625. The normalized spacial score (nSPS) is 16.5. The van der Waals surface area contributed by atoms with Crippen LogP contribution in [-0.2, 0) is 4.74 Å². The van der Waals surface area contributed by atoms with Gasteiger partial charge in [-0.1, -0.05) is 0 Å². The van der Waals surface area contributed by atoms with Crippen LogP contribution in [0.15, 0.2) is 28.3 Å². The van der Waals surface area contributed by atoms with Crippen LogP contribution >= 0.6 is 0 Å². The van der Waals surface area contributed by atoms with Crippen LogP contribution in [0, 0.1) is 16.9 Å². The zero-order valence-electron chi connectivity index (χ0n) is 5.66. The molecule has 56 valence electrons.